The average Bonchev–Trinajstić information content (AvgIpc) is 2.84. The molecule has 0 fully saturated rings. The summed E-state index contributed by atoms with van der Waals surface area (Å²) < 4.78 is 5.11. The fourth-order valence-electron chi connectivity index (χ4n) is 1.64. The molecule has 18 heavy (non-hydrogen) atoms. The Hall–Kier alpha value is -2.36. The Morgan fingerprint density at radius 1 is 1.22 bits per heavy atom. The molecule has 92 valence electrons. The minimum Gasteiger partial charge on any atom is -0.469 e. The highest BCUT2D eigenvalue weighted by molar-refractivity contribution is 6.09. The van der Waals surface area contributed by atoms with Gasteiger partial charge in [0.05, 0.1) is 5.56 Å². The molecule has 1 heterocycles. The van der Waals surface area contributed by atoms with Crippen LogP contribution in [0.5, 0.6) is 0 Å². The summed E-state index contributed by atoms with van der Waals surface area (Å²) in [6.45, 7) is 1.79. The summed E-state index contributed by atoms with van der Waals surface area (Å²) in [6.07, 6.45) is 2.17. The van der Waals surface area contributed by atoms with E-state index in [1.54, 1.807) is 44.3 Å². The number of amides is 1. The van der Waals surface area contributed by atoms with Crippen molar-refractivity contribution >= 4 is 17.9 Å². The number of aryl methyl sites for hydroxylation is 1. The number of benzene rings is 1. The molecular weight excluding hydrogens is 230 g/mol. The van der Waals surface area contributed by atoms with E-state index in [9.17, 15) is 9.59 Å². The molecule has 0 atom stereocenters. The van der Waals surface area contributed by atoms with Gasteiger partial charge in [-0.05, 0) is 37.3 Å². The molecule has 0 saturated carbocycles. The highest BCUT2D eigenvalue weighted by atomic mass is 16.3. The van der Waals surface area contributed by atoms with Gasteiger partial charge in [-0.2, -0.15) is 0 Å². The van der Waals surface area contributed by atoms with Crippen LogP contribution in [0.25, 0.3) is 0 Å². The topological polar surface area (TPSA) is 50.5 Å². The Kier molecular flexibility index (Phi) is 3.28. The maximum absolute atomic E-state index is 12.1. The molecule has 0 aliphatic rings. The first-order valence-corrected chi connectivity index (χ1v) is 5.50. The Morgan fingerprint density at radius 3 is 2.39 bits per heavy atom. The van der Waals surface area contributed by atoms with Gasteiger partial charge in [0.25, 0.3) is 0 Å². The second-order valence-electron chi connectivity index (χ2n) is 4.04. The third kappa shape index (κ3) is 2.32. The van der Waals surface area contributed by atoms with Crippen molar-refractivity contribution in [2.75, 3.05) is 11.9 Å². The van der Waals surface area contributed by atoms with Gasteiger partial charge in [0.1, 0.15) is 12.0 Å². The molecule has 0 bridgehead atoms. The van der Waals surface area contributed by atoms with Crippen LogP contribution in [0.1, 0.15) is 21.7 Å². The number of furan rings is 1. The second kappa shape index (κ2) is 4.87. The molecule has 0 radical (unpaired) electrons. The standard InChI is InChI=1S/C14H13NO3/c1-10-7-12(8-18-10)14(17)11-3-5-13(6-4-11)15(2)9-16/h3-9H,1-2H3. The molecule has 1 aromatic carbocycles. The van der Waals surface area contributed by atoms with Crippen LogP contribution in [-0.2, 0) is 4.79 Å². The summed E-state index contributed by atoms with van der Waals surface area (Å²) in [5.41, 5.74) is 1.84. The van der Waals surface area contributed by atoms with E-state index in [0.29, 0.717) is 16.9 Å². The van der Waals surface area contributed by atoms with Crippen molar-refractivity contribution < 1.29 is 14.0 Å². The molecule has 1 amide bonds. The van der Waals surface area contributed by atoms with Crippen molar-refractivity contribution in [3.63, 3.8) is 0 Å². The molecule has 2 rings (SSSR count). The highest BCUT2D eigenvalue weighted by Crippen LogP contribution is 2.16. The van der Waals surface area contributed by atoms with E-state index in [2.05, 4.69) is 0 Å². The number of hydrogen-bond acceptors (Lipinski definition) is 3. The third-order valence-corrected chi connectivity index (χ3v) is 2.69. The second-order valence-corrected chi connectivity index (χ2v) is 4.04. The van der Waals surface area contributed by atoms with Crippen LogP contribution in [0.15, 0.2) is 41.0 Å². The lowest BCUT2D eigenvalue weighted by atomic mass is 10.1. The number of hydrogen-bond donors (Lipinski definition) is 0. The van der Waals surface area contributed by atoms with Crippen LogP contribution in [0.2, 0.25) is 0 Å². The summed E-state index contributed by atoms with van der Waals surface area (Å²) in [5.74, 6) is 0.614. The van der Waals surface area contributed by atoms with Crippen LogP contribution in [-0.4, -0.2) is 19.2 Å². The molecule has 0 aliphatic carbocycles. The molecule has 0 N–H and O–H groups in total. The maximum Gasteiger partial charge on any atom is 0.213 e. The van der Waals surface area contributed by atoms with E-state index >= 15 is 0 Å². The number of anilines is 1. The molecule has 4 heteroatoms. The van der Waals surface area contributed by atoms with Gasteiger partial charge in [-0.15, -0.1) is 0 Å². The normalized spacial score (nSPS) is 10.1. The lowest BCUT2D eigenvalue weighted by molar-refractivity contribution is -0.107. The summed E-state index contributed by atoms with van der Waals surface area (Å²) in [6, 6.07) is 8.55. The first kappa shape index (κ1) is 12.1. The Morgan fingerprint density at radius 2 is 1.89 bits per heavy atom. The molecule has 0 aliphatic heterocycles. The number of rotatable bonds is 4. The van der Waals surface area contributed by atoms with Gasteiger partial charge in [0.2, 0.25) is 6.41 Å². The SMILES string of the molecule is Cc1cc(C(=O)c2ccc(N(C)C=O)cc2)co1. The lowest BCUT2D eigenvalue weighted by Gasteiger charge is -2.10. The van der Waals surface area contributed by atoms with Crippen molar-refractivity contribution in [1.82, 2.24) is 0 Å². The van der Waals surface area contributed by atoms with Crippen molar-refractivity contribution in [3.05, 3.63) is 53.5 Å². The van der Waals surface area contributed by atoms with E-state index in [1.807, 2.05) is 0 Å². The van der Waals surface area contributed by atoms with Crippen LogP contribution in [0.4, 0.5) is 5.69 Å². The minimum absolute atomic E-state index is 0.0906. The van der Waals surface area contributed by atoms with Gasteiger partial charge >= 0.3 is 0 Å². The number of carbonyl (C=O) groups excluding carboxylic acids is 2. The van der Waals surface area contributed by atoms with Crippen molar-refractivity contribution in [1.29, 1.82) is 0 Å². The van der Waals surface area contributed by atoms with E-state index in [0.717, 1.165) is 12.1 Å². The summed E-state index contributed by atoms with van der Waals surface area (Å²) in [5, 5.41) is 0. The van der Waals surface area contributed by atoms with Crippen LogP contribution < -0.4 is 4.90 Å². The molecular formula is C14H13NO3. The molecule has 0 spiro atoms. The third-order valence-electron chi connectivity index (χ3n) is 2.69. The van der Waals surface area contributed by atoms with Gasteiger partial charge in [-0.25, -0.2) is 0 Å². The largest absolute Gasteiger partial charge is 0.469 e. The predicted octanol–water partition coefficient (Wildman–Crippen LogP) is 2.41. The fraction of sp³-hybridized carbons (Fsp3) is 0.143. The summed E-state index contributed by atoms with van der Waals surface area (Å²) in [4.78, 5) is 24.1. The number of ketones is 1. The average molecular weight is 243 g/mol. The smallest absolute Gasteiger partial charge is 0.213 e. The van der Waals surface area contributed by atoms with E-state index in [4.69, 9.17) is 4.42 Å². The summed E-state index contributed by atoms with van der Waals surface area (Å²) >= 11 is 0. The van der Waals surface area contributed by atoms with Crippen molar-refractivity contribution in [2.45, 2.75) is 6.92 Å². The minimum atomic E-state index is -0.0906. The van der Waals surface area contributed by atoms with Gasteiger partial charge in [0, 0.05) is 18.3 Å². The molecule has 4 nitrogen and oxygen atoms in total. The van der Waals surface area contributed by atoms with Crippen LogP contribution >= 0.6 is 0 Å². The first-order chi connectivity index (χ1) is 8.61. The zero-order valence-electron chi connectivity index (χ0n) is 10.2. The van der Waals surface area contributed by atoms with Gasteiger partial charge in [0.15, 0.2) is 5.78 Å². The quantitative estimate of drug-likeness (QED) is 0.612. The molecule has 0 unspecified atom stereocenters. The molecule has 0 saturated heterocycles. The molecule has 2 aromatic rings. The first-order valence-electron chi connectivity index (χ1n) is 5.50. The Bertz CT molecular complexity index is 569. The van der Waals surface area contributed by atoms with Crippen LogP contribution in [0.3, 0.4) is 0 Å². The lowest BCUT2D eigenvalue weighted by Crippen LogP contribution is -2.13. The zero-order chi connectivity index (χ0) is 13.1. The Balaban J connectivity index is 2.24. The van der Waals surface area contributed by atoms with Crippen molar-refractivity contribution in [3.8, 4) is 0 Å². The van der Waals surface area contributed by atoms with Crippen LogP contribution in [0, 0.1) is 6.92 Å². The van der Waals surface area contributed by atoms with Gasteiger partial charge < -0.3 is 9.32 Å². The Labute approximate surface area is 105 Å². The van der Waals surface area contributed by atoms with Gasteiger partial charge in [-0.3, -0.25) is 9.59 Å². The number of nitrogens with zero attached hydrogens (tertiary/aromatic N) is 1. The van der Waals surface area contributed by atoms with Gasteiger partial charge in [-0.1, -0.05) is 0 Å². The fourth-order valence-corrected chi connectivity index (χ4v) is 1.64. The monoisotopic (exact) mass is 243 g/mol. The van der Waals surface area contributed by atoms with E-state index in [1.165, 1.54) is 11.2 Å². The number of carbonyl (C=O) groups is 2. The van der Waals surface area contributed by atoms with E-state index in [-0.39, 0.29) is 5.78 Å². The highest BCUT2D eigenvalue weighted by Gasteiger charge is 2.11. The summed E-state index contributed by atoms with van der Waals surface area (Å²) in [7, 11) is 1.66. The van der Waals surface area contributed by atoms with Crippen molar-refractivity contribution in [2.24, 2.45) is 0 Å². The predicted molar refractivity (Wildman–Crippen MR) is 67.8 cm³/mol. The molecule has 1 aromatic heterocycles. The van der Waals surface area contributed by atoms with E-state index < -0.39 is 0 Å². The maximum atomic E-state index is 12.1. The zero-order valence-corrected chi connectivity index (χ0v) is 10.2.